The average Bonchev–Trinajstić information content (AvgIpc) is 2.61. The molecule has 0 saturated carbocycles. The van der Waals surface area contributed by atoms with Crippen LogP contribution in [0.25, 0.3) is 0 Å². The molecule has 1 amide bonds. The molecule has 0 atom stereocenters. The van der Waals surface area contributed by atoms with Gasteiger partial charge in [-0.25, -0.2) is 0 Å². The molecule has 6 heteroatoms. The van der Waals surface area contributed by atoms with Crippen molar-refractivity contribution in [2.75, 3.05) is 6.54 Å². The van der Waals surface area contributed by atoms with Crippen molar-refractivity contribution in [2.45, 2.75) is 26.8 Å². The minimum Gasteiger partial charge on any atom is -0.334 e. The van der Waals surface area contributed by atoms with Gasteiger partial charge in [-0.05, 0) is 37.1 Å². The van der Waals surface area contributed by atoms with Crippen LogP contribution in [0.2, 0.25) is 0 Å². The fourth-order valence-electron chi connectivity index (χ4n) is 2.65. The lowest BCUT2D eigenvalue weighted by molar-refractivity contribution is -0.385. The zero-order chi connectivity index (χ0) is 18.4. The average molecular weight is 337 g/mol. The van der Waals surface area contributed by atoms with Crippen LogP contribution >= 0.6 is 0 Å². The minimum absolute atomic E-state index is 0.0549. The molecule has 2 rings (SSSR count). The van der Waals surface area contributed by atoms with Crippen LogP contribution in [0.3, 0.4) is 0 Å². The molecule has 0 N–H and O–H groups in total. The summed E-state index contributed by atoms with van der Waals surface area (Å²) in [6.07, 6.45) is 0.774. The molecule has 0 spiro atoms. The summed E-state index contributed by atoms with van der Waals surface area (Å²) in [7, 11) is 0. The first kappa shape index (κ1) is 18.1. The fraction of sp³-hybridized carbons (Fsp3) is 0.263. The van der Waals surface area contributed by atoms with Crippen molar-refractivity contribution in [2.24, 2.45) is 0 Å². The third-order valence-electron chi connectivity index (χ3n) is 3.97. The van der Waals surface area contributed by atoms with E-state index in [9.17, 15) is 14.9 Å². The molecule has 2 aromatic rings. The lowest BCUT2D eigenvalue weighted by Crippen LogP contribution is -2.31. The Bertz CT molecular complexity index is 823. The normalized spacial score (nSPS) is 10.1. The topological polar surface area (TPSA) is 87.2 Å². The summed E-state index contributed by atoms with van der Waals surface area (Å²) >= 11 is 0. The standard InChI is InChI=1S/C19H19N3O3/c1-3-11-21(13-16-9-7-15(12-20)8-10-16)19(23)17-5-4-6-18(14(17)2)22(24)25/h4-10H,3,11,13H2,1-2H3. The summed E-state index contributed by atoms with van der Waals surface area (Å²) in [6.45, 7) is 4.50. The van der Waals surface area contributed by atoms with E-state index in [-0.39, 0.29) is 11.6 Å². The highest BCUT2D eigenvalue weighted by Crippen LogP contribution is 2.23. The summed E-state index contributed by atoms with van der Waals surface area (Å²) in [6, 6.07) is 13.7. The molecule has 0 saturated heterocycles. The van der Waals surface area contributed by atoms with E-state index in [1.165, 1.54) is 12.1 Å². The van der Waals surface area contributed by atoms with Gasteiger partial charge in [-0.15, -0.1) is 0 Å². The lowest BCUT2D eigenvalue weighted by atomic mass is 10.0. The molecule has 0 unspecified atom stereocenters. The van der Waals surface area contributed by atoms with Gasteiger partial charge in [0.2, 0.25) is 0 Å². The minimum atomic E-state index is -0.475. The second kappa shape index (κ2) is 8.06. The van der Waals surface area contributed by atoms with E-state index < -0.39 is 4.92 Å². The molecule has 0 fully saturated rings. The smallest absolute Gasteiger partial charge is 0.273 e. The largest absolute Gasteiger partial charge is 0.334 e. The van der Waals surface area contributed by atoms with Gasteiger partial charge < -0.3 is 4.90 Å². The lowest BCUT2D eigenvalue weighted by Gasteiger charge is -2.23. The predicted molar refractivity (Wildman–Crippen MR) is 94.0 cm³/mol. The van der Waals surface area contributed by atoms with Crippen molar-refractivity contribution >= 4 is 11.6 Å². The number of nitrogens with zero attached hydrogens (tertiary/aromatic N) is 3. The number of nitro benzene ring substituents is 1. The van der Waals surface area contributed by atoms with Gasteiger partial charge in [-0.2, -0.15) is 5.26 Å². The Kier molecular flexibility index (Phi) is 5.85. The molecule has 6 nitrogen and oxygen atoms in total. The molecule has 0 aliphatic rings. The van der Waals surface area contributed by atoms with Crippen LogP contribution in [0.5, 0.6) is 0 Å². The number of nitro groups is 1. The molecule has 2 aromatic carbocycles. The van der Waals surface area contributed by atoms with E-state index in [1.807, 2.05) is 19.1 Å². The Morgan fingerprint density at radius 1 is 1.24 bits per heavy atom. The number of benzene rings is 2. The van der Waals surface area contributed by atoms with E-state index in [0.29, 0.717) is 29.8 Å². The van der Waals surface area contributed by atoms with Crippen molar-refractivity contribution in [1.82, 2.24) is 4.90 Å². The van der Waals surface area contributed by atoms with E-state index in [1.54, 1.807) is 30.0 Å². The monoisotopic (exact) mass is 337 g/mol. The SMILES string of the molecule is CCCN(Cc1ccc(C#N)cc1)C(=O)c1cccc([N+](=O)[O-])c1C. The second-order valence-corrected chi connectivity index (χ2v) is 5.74. The van der Waals surface area contributed by atoms with Crippen LogP contribution in [0.1, 0.15) is 40.4 Å². The highest BCUT2D eigenvalue weighted by atomic mass is 16.6. The van der Waals surface area contributed by atoms with Crippen molar-refractivity contribution in [3.05, 3.63) is 74.8 Å². The van der Waals surface area contributed by atoms with E-state index in [4.69, 9.17) is 5.26 Å². The van der Waals surface area contributed by atoms with E-state index in [2.05, 4.69) is 6.07 Å². The molecular formula is C19H19N3O3. The number of hydrogen-bond donors (Lipinski definition) is 0. The Labute approximate surface area is 146 Å². The third-order valence-corrected chi connectivity index (χ3v) is 3.97. The van der Waals surface area contributed by atoms with E-state index >= 15 is 0 Å². The maximum absolute atomic E-state index is 12.9. The predicted octanol–water partition coefficient (Wildman–Crippen LogP) is 3.83. The number of rotatable bonds is 6. The number of hydrogen-bond acceptors (Lipinski definition) is 4. The van der Waals surface area contributed by atoms with Crippen LogP contribution in [-0.2, 0) is 6.54 Å². The Hall–Kier alpha value is -3.20. The fourth-order valence-corrected chi connectivity index (χ4v) is 2.65. The second-order valence-electron chi connectivity index (χ2n) is 5.74. The third kappa shape index (κ3) is 4.21. The highest BCUT2D eigenvalue weighted by molar-refractivity contribution is 5.96. The molecule has 0 bridgehead atoms. The molecule has 0 aromatic heterocycles. The number of carbonyl (C=O) groups excluding carboxylic acids is 1. The van der Waals surface area contributed by atoms with Crippen LogP contribution in [0.15, 0.2) is 42.5 Å². The summed E-state index contributed by atoms with van der Waals surface area (Å²) in [5.74, 6) is -0.229. The van der Waals surface area contributed by atoms with Gasteiger partial charge in [-0.3, -0.25) is 14.9 Å². The number of amides is 1. The summed E-state index contributed by atoms with van der Waals surface area (Å²) in [4.78, 5) is 25.2. The van der Waals surface area contributed by atoms with Gasteiger partial charge in [0.25, 0.3) is 11.6 Å². The Morgan fingerprint density at radius 3 is 2.48 bits per heavy atom. The molecule has 0 radical (unpaired) electrons. The van der Waals surface area contributed by atoms with Gasteiger partial charge >= 0.3 is 0 Å². The van der Waals surface area contributed by atoms with Crippen LogP contribution < -0.4 is 0 Å². The van der Waals surface area contributed by atoms with Crippen molar-refractivity contribution in [3.63, 3.8) is 0 Å². The van der Waals surface area contributed by atoms with Crippen molar-refractivity contribution in [3.8, 4) is 6.07 Å². The summed E-state index contributed by atoms with van der Waals surface area (Å²) < 4.78 is 0. The number of nitriles is 1. The van der Waals surface area contributed by atoms with Crippen LogP contribution in [0.4, 0.5) is 5.69 Å². The summed E-state index contributed by atoms with van der Waals surface area (Å²) in [5, 5.41) is 20.0. The molecular weight excluding hydrogens is 318 g/mol. The first-order valence-electron chi connectivity index (χ1n) is 8.00. The summed E-state index contributed by atoms with van der Waals surface area (Å²) in [5.41, 5.74) is 2.13. The van der Waals surface area contributed by atoms with Gasteiger partial charge in [0.1, 0.15) is 0 Å². The molecule has 0 aliphatic heterocycles. The molecule has 25 heavy (non-hydrogen) atoms. The van der Waals surface area contributed by atoms with Gasteiger partial charge in [0, 0.05) is 30.3 Å². The highest BCUT2D eigenvalue weighted by Gasteiger charge is 2.22. The molecule has 0 heterocycles. The van der Waals surface area contributed by atoms with E-state index in [0.717, 1.165) is 12.0 Å². The van der Waals surface area contributed by atoms with Gasteiger partial charge in [0.05, 0.1) is 16.6 Å². The van der Waals surface area contributed by atoms with Gasteiger partial charge in [0.15, 0.2) is 0 Å². The quantitative estimate of drug-likeness (QED) is 0.592. The zero-order valence-corrected chi connectivity index (χ0v) is 14.2. The number of carbonyl (C=O) groups is 1. The van der Waals surface area contributed by atoms with Crippen LogP contribution in [-0.4, -0.2) is 22.3 Å². The maximum Gasteiger partial charge on any atom is 0.273 e. The van der Waals surface area contributed by atoms with Gasteiger partial charge in [-0.1, -0.05) is 25.1 Å². The first-order valence-corrected chi connectivity index (χ1v) is 8.00. The Balaban J connectivity index is 2.30. The van der Waals surface area contributed by atoms with Crippen molar-refractivity contribution in [1.29, 1.82) is 5.26 Å². The first-order chi connectivity index (χ1) is 12.0. The zero-order valence-electron chi connectivity index (χ0n) is 14.2. The maximum atomic E-state index is 12.9. The van der Waals surface area contributed by atoms with Crippen molar-refractivity contribution < 1.29 is 9.72 Å². The Morgan fingerprint density at radius 2 is 1.92 bits per heavy atom. The molecule has 0 aliphatic carbocycles. The van der Waals surface area contributed by atoms with Crippen LogP contribution in [0, 0.1) is 28.4 Å². The molecule has 128 valence electrons.